The van der Waals surface area contributed by atoms with Crippen LogP contribution in [0.3, 0.4) is 0 Å². The highest BCUT2D eigenvalue weighted by atomic mass is 79.9. The van der Waals surface area contributed by atoms with Gasteiger partial charge in [0, 0.05) is 22.2 Å². The minimum absolute atomic E-state index is 0.128. The summed E-state index contributed by atoms with van der Waals surface area (Å²) in [5, 5.41) is 10.6. The van der Waals surface area contributed by atoms with Crippen molar-refractivity contribution in [2.75, 3.05) is 11.6 Å². The monoisotopic (exact) mass is 295 g/mol. The number of nitro groups is 1. The largest absolute Gasteiger partial charge is 0.282 e. The normalized spacial score (nSPS) is 10.1. The van der Waals surface area contributed by atoms with Crippen molar-refractivity contribution in [3.63, 3.8) is 0 Å². The van der Waals surface area contributed by atoms with Crippen LogP contribution < -0.4 is 0 Å². The average molecular weight is 297 g/mol. The first-order chi connectivity index (χ1) is 6.65. The van der Waals surface area contributed by atoms with E-state index in [4.69, 9.17) is 11.6 Å². The fraction of sp³-hybridized carbons (Fsp3) is 0.250. The summed E-state index contributed by atoms with van der Waals surface area (Å²) in [6.07, 6.45) is 0. The van der Waals surface area contributed by atoms with Gasteiger partial charge in [0.05, 0.1) is 9.82 Å². The fourth-order valence-corrected chi connectivity index (χ4v) is 2.44. The van der Waals surface area contributed by atoms with Crippen molar-refractivity contribution in [1.82, 2.24) is 0 Å². The average Bonchev–Trinajstić information content (AvgIpc) is 2.14. The van der Waals surface area contributed by atoms with Gasteiger partial charge in [0.2, 0.25) is 0 Å². The third-order valence-corrected chi connectivity index (χ3v) is 3.41. The highest BCUT2D eigenvalue weighted by molar-refractivity contribution is 9.10. The predicted octanol–water partition coefficient (Wildman–Crippen LogP) is 3.69. The number of nitrogens with zero attached hydrogens (tertiary/aromatic N) is 1. The third-order valence-electron chi connectivity index (χ3n) is 1.45. The van der Waals surface area contributed by atoms with E-state index in [0.717, 1.165) is 4.47 Å². The summed E-state index contributed by atoms with van der Waals surface area (Å²) in [6.45, 7) is 0. The highest BCUT2D eigenvalue weighted by Gasteiger charge is 2.13. The Labute approximate surface area is 99.1 Å². The van der Waals surface area contributed by atoms with E-state index >= 15 is 0 Å². The number of benzene rings is 1. The number of hydrogen-bond acceptors (Lipinski definition) is 3. The van der Waals surface area contributed by atoms with Crippen LogP contribution in [0.25, 0.3) is 0 Å². The second-order valence-electron chi connectivity index (χ2n) is 2.41. The Kier molecular flexibility index (Phi) is 4.71. The summed E-state index contributed by atoms with van der Waals surface area (Å²) >= 11 is 10.2. The summed E-state index contributed by atoms with van der Waals surface area (Å²) in [6, 6.07) is 4.87. The smallest absolute Gasteiger partial charge is 0.258 e. The number of nitro benzene ring substituents is 1. The van der Waals surface area contributed by atoms with Gasteiger partial charge in [-0.1, -0.05) is 15.9 Å². The molecule has 3 nitrogen and oxygen atoms in total. The molecule has 0 aliphatic carbocycles. The van der Waals surface area contributed by atoms with Crippen LogP contribution in [0.2, 0.25) is 0 Å². The molecule has 0 fully saturated rings. The molecule has 0 saturated heterocycles. The molecule has 0 spiro atoms. The summed E-state index contributed by atoms with van der Waals surface area (Å²) < 4.78 is 0.833. The Morgan fingerprint density at radius 3 is 2.86 bits per heavy atom. The zero-order valence-electron chi connectivity index (χ0n) is 7.07. The van der Waals surface area contributed by atoms with Crippen LogP contribution in [0, 0.1) is 10.1 Å². The summed E-state index contributed by atoms with van der Waals surface area (Å²) in [5.74, 6) is 1.15. The molecule has 0 unspecified atom stereocenters. The van der Waals surface area contributed by atoms with Gasteiger partial charge < -0.3 is 0 Å². The lowest BCUT2D eigenvalue weighted by Gasteiger charge is -2.01. The van der Waals surface area contributed by atoms with Crippen LogP contribution in [0.1, 0.15) is 0 Å². The van der Waals surface area contributed by atoms with Crippen LogP contribution in [-0.4, -0.2) is 16.6 Å². The standard InChI is InChI=1S/C8H7BrClNO2S/c9-6-1-2-7(11(12)13)8(5-6)14-4-3-10/h1-2,5H,3-4H2. The van der Waals surface area contributed by atoms with Crippen LogP contribution in [0.15, 0.2) is 27.6 Å². The molecule has 0 bridgehead atoms. The Bertz CT molecular complexity index is 348. The molecule has 0 saturated carbocycles. The number of halogens is 2. The third kappa shape index (κ3) is 3.15. The first-order valence-corrected chi connectivity index (χ1v) is 6.09. The molecular formula is C8H7BrClNO2S. The van der Waals surface area contributed by atoms with Crippen LogP contribution in [0.4, 0.5) is 5.69 Å². The van der Waals surface area contributed by atoms with Crippen LogP contribution in [-0.2, 0) is 0 Å². The fourth-order valence-electron chi connectivity index (χ4n) is 0.903. The molecule has 6 heteroatoms. The maximum atomic E-state index is 10.6. The Balaban J connectivity index is 2.97. The van der Waals surface area contributed by atoms with Crippen molar-refractivity contribution in [1.29, 1.82) is 0 Å². The Morgan fingerprint density at radius 2 is 2.29 bits per heavy atom. The van der Waals surface area contributed by atoms with Gasteiger partial charge in [-0.2, -0.15) is 0 Å². The number of thioether (sulfide) groups is 1. The van der Waals surface area contributed by atoms with E-state index in [0.29, 0.717) is 16.5 Å². The van der Waals surface area contributed by atoms with E-state index < -0.39 is 0 Å². The Morgan fingerprint density at radius 1 is 1.57 bits per heavy atom. The molecule has 1 aromatic carbocycles. The summed E-state index contributed by atoms with van der Waals surface area (Å²) in [7, 11) is 0. The highest BCUT2D eigenvalue weighted by Crippen LogP contribution is 2.31. The van der Waals surface area contributed by atoms with E-state index in [1.165, 1.54) is 17.8 Å². The van der Waals surface area contributed by atoms with Crippen molar-refractivity contribution >= 4 is 45.0 Å². The molecule has 0 N–H and O–H groups in total. The molecule has 1 aromatic rings. The van der Waals surface area contributed by atoms with Crippen molar-refractivity contribution in [2.24, 2.45) is 0 Å². The van der Waals surface area contributed by atoms with Crippen molar-refractivity contribution in [3.8, 4) is 0 Å². The molecule has 14 heavy (non-hydrogen) atoms. The lowest BCUT2D eigenvalue weighted by Crippen LogP contribution is -1.91. The molecule has 0 aliphatic rings. The van der Waals surface area contributed by atoms with Crippen LogP contribution in [0.5, 0.6) is 0 Å². The molecule has 76 valence electrons. The van der Waals surface area contributed by atoms with Gasteiger partial charge in [-0.25, -0.2) is 0 Å². The molecule has 0 atom stereocenters. The molecular weight excluding hydrogens is 290 g/mol. The molecule has 0 radical (unpaired) electrons. The second kappa shape index (κ2) is 5.58. The molecule has 0 amide bonds. The van der Waals surface area contributed by atoms with Crippen molar-refractivity contribution in [2.45, 2.75) is 4.90 Å². The maximum Gasteiger partial charge on any atom is 0.282 e. The quantitative estimate of drug-likeness (QED) is 0.368. The minimum atomic E-state index is -0.386. The first kappa shape index (κ1) is 11.8. The van der Waals surface area contributed by atoms with Gasteiger partial charge in [-0.05, 0) is 12.1 Å². The van der Waals surface area contributed by atoms with E-state index in [2.05, 4.69) is 15.9 Å². The number of rotatable bonds is 4. The molecule has 0 aliphatic heterocycles. The van der Waals surface area contributed by atoms with E-state index in [9.17, 15) is 10.1 Å². The lowest BCUT2D eigenvalue weighted by atomic mass is 10.3. The van der Waals surface area contributed by atoms with E-state index in [-0.39, 0.29) is 10.6 Å². The Hall–Kier alpha value is -0.260. The lowest BCUT2D eigenvalue weighted by molar-refractivity contribution is -0.387. The SMILES string of the molecule is O=[N+]([O-])c1ccc(Br)cc1SCCCl. The van der Waals surface area contributed by atoms with Gasteiger partial charge in [0.15, 0.2) is 0 Å². The van der Waals surface area contributed by atoms with Gasteiger partial charge in [-0.15, -0.1) is 23.4 Å². The van der Waals surface area contributed by atoms with Gasteiger partial charge in [0.25, 0.3) is 5.69 Å². The zero-order valence-corrected chi connectivity index (χ0v) is 10.2. The topological polar surface area (TPSA) is 43.1 Å². The van der Waals surface area contributed by atoms with E-state index in [1.807, 2.05) is 0 Å². The molecule has 0 heterocycles. The number of hydrogen-bond donors (Lipinski definition) is 0. The molecule has 0 aromatic heterocycles. The number of alkyl halides is 1. The van der Waals surface area contributed by atoms with Crippen LogP contribution >= 0.6 is 39.3 Å². The summed E-state index contributed by atoms with van der Waals surface area (Å²) in [4.78, 5) is 10.9. The van der Waals surface area contributed by atoms with Crippen molar-refractivity contribution in [3.05, 3.63) is 32.8 Å². The predicted molar refractivity (Wildman–Crippen MR) is 62.2 cm³/mol. The van der Waals surface area contributed by atoms with Crippen molar-refractivity contribution < 1.29 is 4.92 Å². The van der Waals surface area contributed by atoms with Gasteiger partial charge in [-0.3, -0.25) is 10.1 Å². The molecule has 1 rings (SSSR count). The summed E-state index contributed by atoms with van der Waals surface area (Å²) in [5.41, 5.74) is 0.128. The maximum absolute atomic E-state index is 10.6. The minimum Gasteiger partial charge on any atom is -0.258 e. The zero-order chi connectivity index (χ0) is 10.6. The van der Waals surface area contributed by atoms with Gasteiger partial charge in [0.1, 0.15) is 0 Å². The first-order valence-electron chi connectivity index (χ1n) is 3.78. The van der Waals surface area contributed by atoms with E-state index in [1.54, 1.807) is 12.1 Å². The van der Waals surface area contributed by atoms with Gasteiger partial charge >= 0.3 is 0 Å². The second-order valence-corrected chi connectivity index (χ2v) is 4.84.